The lowest BCUT2D eigenvalue weighted by Gasteiger charge is -2.02. The van der Waals surface area contributed by atoms with Crippen molar-refractivity contribution in [1.29, 1.82) is 0 Å². The average molecular weight is 254 g/mol. The Morgan fingerprint density at radius 3 is 2.56 bits per heavy atom. The fraction of sp³-hybridized carbons (Fsp3) is 0.714. The number of carbonyl (C=O) groups excluding carboxylic acids is 2. The van der Waals surface area contributed by atoms with E-state index >= 15 is 0 Å². The standard InChI is InChI=1S/C14H22O4/c1-4-7-11-12(8-6-9-18-10(3)15)13(11)14(16)17-5-2/h4,11-13H,1,5-9H2,2-3H3. The summed E-state index contributed by atoms with van der Waals surface area (Å²) in [5, 5.41) is 0. The highest BCUT2D eigenvalue weighted by Gasteiger charge is 2.53. The molecule has 0 aliphatic heterocycles. The van der Waals surface area contributed by atoms with E-state index in [1.165, 1.54) is 6.92 Å². The van der Waals surface area contributed by atoms with E-state index in [4.69, 9.17) is 9.47 Å². The first-order valence-corrected chi connectivity index (χ1v) is 6.52. The minimum Gasteiger partial charge on any atom is -0.466 e. The summed E-state index contributed by atoms with van der Waals surface area (Å²) in [5.41, 5.74) is 0. The summed E-state index contributed by atoms with van der Waals surface area (Å²) in [4.78, 5) is 22.3. The van der Waals surface area contributed by atoms with E-state index < -0.39 is 0 Å². The smallest absolute Gasteiger partial charge is 0.309 e. The third-order valence-corrected chi connectivity index (χ3v) is 3.32. The van der Waals surface area contributed by atoms with Gasteiger partial charge in [-0.15, -0.1) is 6.58 Å². The van der Waals surface area contributed by atoms with E-state index in [1.54, 1.807) is 0 Å². The van der Waals surface area contributed by atoms with Crippen molar-refractivity contribution < 1.29 is 19.1 Å². The Kier molecular flexibility index (Phi) is 5.89. The number of esters is 2. The van der Waals surface area contributed by atoms with Gasteiger partial charge in [-0.3, -0.25) is 9.59 Å². The van der Waals surface area contributed by atoms with Gasteiger partial charge < -0.3 is 9.47 Å². The molecule has 0 bridgehead atoms. The van der Waals surface area contributed by atoms with Crippen molar-refractivity contribution in [1.82, 2.24) is 0 Å². The predicted octanol–water partition coefficient (Wildman–Crippen LogP) is 2.33. The summed E-state index contributed by atoms with van der Waals surface area (Å²) in [6.07, 6.45) is 4.40. The van der Waals surface area contributed by atoms with Crippen LogP contribution in [0.3, 0.4) is 0 Å². The molecule has 0 spiro atoms. The van der Waals surface area contributed by atoms with Crippen LogP contribution in [0.2, 0.25) is 0 Å². The number of rotatable bonds is 8. The van der Waals surface area contributed by atoms with Gasteiger partial charge >= 0.3 is 11.9 Å². The largest absolute Gasteiger partial charge is 0.466 e. The molecule has 102 valence electrons. The molecule has 0 aromatic rings. The van der Waals surface area contributed by atoms with Gasteiger partial charge in [0, 0.05) is 6.92 Å². The third-order valence-electron chi connectivity index (χ3n) is 3.32. The topological polar surface area (TPSA) is 52.6 Å². The molecule has 4 heteroatoms. The summed E-state index contributed by atoms with van der Waals surface area (Å²) in [6, 6.07) is 0. The third kappa shape index (κ3) is 4.17. The average Bonchev–Trinajstić information content (AvgIpc) is 2.98. The highest BCUT2D eigenvalue weighted by atomic mass is 16.5. The first-order valence-electron chi connectivity index (χ1n) is 6.52. The molecule has 0 radical (unpaired) electrons. The predicted molar refractivity (Wildman–Crippen MR) is 67.8 cm³/mol. The fourth-order valence-corrected chi connectivity index (χ4v) is 2.48. The lowest BCUT2D eigenvalue weighted by molar-refractivity contribution is -0.145. The van der Waals surface area contributed by atoms with E-state index in [0.29, 0.717) is 25.0 Å². The van der Waals surface area contributed by atoms with Crippen molar-refractivity contribution in [3.8, 4) is 0 Å². The monoisotopic (exact) mass is 254 g/mol. The summed E-state index contributed by atoms with van der Waals surface area (Å²) >= 11 is 0. The van der Waals surface area contributed by atoms with Gasteiger partial charge in [0.05, 0.1) is 19.1 Å². The molecule has 1 rings (SSSR count). The number of carbonyl (C=O) groups is 2. The van der Waals surface area contributed by atoms with Gasteiger partial charge in [-0.05, 0) is 38.0 Å². The van der Waals surface area contributed by atoms with Crippen LogP contribution in [0.1, 0.15) is 33.1 Å². The Morgan fingerprint density at radius 2 is 2.00 bits per heavy atom. The van der Waals surface area contributed by atoms with Crippen molar-refractivity contribution in [2.75, 3.05) is 13.2 Å². The van der Waals surface area contributed by atoms with Crippen LogP contribution in [0.15, 0.2) is 12.7 Å². The Balaban J connectivity index is 2.31. The lowest BCUT2D eigenvalue weighted by Crippen LogP contribution is -2.08. The highest BCUT2D eigenvalue weighted by Crippen LogP contribution is 2.52. The van der Waals surface area contributed by atoms with Crippen LogP contribution in [0, 0.1) is 17.8 Å². The summed E-state index contributed by atoms with van der Waals surface area (Å²) in [7, 11) is 0. The molecule has 1 aliphatic carbocycles. The molecular formula is C14H22O4. The molecule has 0 saturated heterocycles. The van der Waals surface area contributed by atoms with E-state index in [2.05, 4.69) is 6.58 Å². The minimum absolute atomic E-state index is 0.0141. The van der Waals surface area contributed by atoms with Gasteiger partial charge in [0.2, 0.25) is 0 Å². The van der Waals surface area contributed by atoms with Gasteiger partial charge in [0.15, 0.2) is 0 Å². The first-order chi connectivity index (χ1) is 8.61. The molecule has 1 fully saturated rings. The SMILES string of the molecule is C=CCC1C(CCCOC(C)=O)C1C(=O)OCC. The number of hydrogen-bond acceptors (Lipinski definition) is 4. The molecule has 0 aromatic carbocycles. The number of allylic oxidation sites excluding steroid dienone is 1. The normalized spacial score (nSPS) is 25.3. The van der Waals surface area contributed by atoms with Crippen LogP contribution < -0.4 is 0 Å². The first kappa shape index (κ1) is 14.7. The maximum absolute atomic E-state index is 11.7. The van der Waals surface area contributed by atoms with Crippen LogP contribution in [0.5, 0.6) is 0 Å². The second-order valence-corrected chi connectivity index (χ2v) is 4.61. The fourth-order valence-electron chi connectivity index (χ4n) is 2.48. The van der Waals surface area contributed by atoms with Crippen molar-refractivity contribution >= 4 is 11.9 Å². The van der Waals surface area contributed by atoms with Crippen molar-refractivity contribution in [3.63, 3.8) is 0 Å². The van der Waals surface area contributed by atoms with E-state index in [1.807, 2.05) is 13.0 Å². The van der Waals surface area contributed by atoms with Crippen LogP contribution >= 0.6 is 0 Å². The number of hydrogen-bond donors (Lipinski definition) is 0. The molecule has 0 heterocycles. The molecule has 3 atom stereocenters. The highest BCUT2D eigenvalue weighted by molar-refractivity contribution is 5.76. The van der Waals surface area contributed by atoms with Gasteiger partial charge in [-0.2, -0.15) is 0 Å². The summed E-state index contributed by atoms with van der Waals surface area (Å²) < 4.78 is 9.94. The Morgan fingerprint density at radius 1 is 1.28 bits per heavy atom. The summed E-state index contributed by atoms with van der Waals surface area (Å²) in [6.45, 7) is 7.79. The maximum atomic E-state index is 11.7. The Bertz CT molecular complexity index is 311. The second kappa shape index (κ2) is 7.19. The van der Waals surface area contributed by atoms with Crippen LogP contribution in [0.4, 0.5) is 0 Å². The maximum Gasteiger partial charge on any atom is 0.309 e. The van der Waals surface area contributed by atoms with Gasteiger partial charge in [0.1, 0.15) is 0 Å². The minimum atomic E-state index is -0.254. The zero-order valence-electron chi connectivity index (χ0n) is 11.2. The molecule has 0 N–H and O–H groups in total. The van der Waals surface area contributed by atoms with E-state index in [0.717, 1.165) is 19.3 Å². The van der Waals surface area contributed by atoms with Crippen LogP contribution in [-0.4, -0.2) is 25.2 Å². The van der Waals surface area contributed by atoms with Gasteiger partial charge in [-0.1, -0.05) is 6.08 Å². The molecular weight excluding hydrogens is 232 g/mol. The van der Waals surface area contributed by atoms with Crippen molar-refractivity contribution in [3.05, 3.63) is 12.7 Å². The molecule has 1 saturated carbocycles. The van der Waals surface area contributed by atoms with Crippen LogP contribution in [0.25, 0.3) is 0 Å². The zero-order chi connectivity index (χ0) is 13.5. The molecule has 0 amide bonds. The number of ether oxygens (including phenoxy) is 2. The zero-order valence-corrected chi connectivity index (χ0v) is 11.2. The van der Waals surface area contributed by atoms with Crippen molar-refractivity contribution in [2.24, 2.45) is 17.8 Å². The molecule has 4 nitrogen and oxygen atoms in total. The molecule has 18 heavy (non-hydrogen) atoms. The Labute approximate surface area is 108 Å². The second-order valence-electron chi connectivity index (χ2n) is 4.61. The quantitative estimate of drug-likeness (QED) is 0.379. The van der Waals surface area contributed by atoms with Crippen LogP contribution in [-0.2, 0) is 19.1 Å². The van der Waals surface area contributed by atoms with E-state index in [-0.39, 0.29) is 17.9 Å². The molecule has 3 unspecified atom stereocenters. The van der Waals surface area contributed by atoms with E-state index in [9.17, 15) is 9.59 Å². The van der Waals surface area contributed by atoms with Gasteiger partial charge in [0.25, 0.3) is 0 Å². The van der Waals surface area contributed by atoms with Crippen molar-refractivity contribution in [2.45, 2.75) is 33.1 Å². The molecule has 0 aromatic heterocycles. The lowest BCUT2D eigenvalue weighted by atomic mass is 10.1. The summed E-state index contributed by atoms with van der Waals surface area (Å²) in [5.74, 6) is 0.383. The van der Waals surface area contributed by atoms with Gasteiger partial charge in [-0.25, -0.2) is 0 Å². The molecule has 1 aliphatic rings. The Hall–Kier alpha value is -1.32.